The predicted molar refractivity (Wildman–Crippen MR) is 91.5 cm³/mol. The van der Waals surface area contributed by atoms with Crippen molar-refractivity contribution < 1.29 is 32.6 Å². The molecule has 0 aromatic heterocycles. The number of epoxide rings is 1. The molecule has 1 aliphatic heterocycles. The van der Waals surface area contributed by atoms with Crippen LogP contribution < -0.4 is 5.32 Å². The van der Waals surface area contributed by atoms with Crippen LogP contribution in [0.3, 0.4) is 0 Å². The number of halogens is 3. The van der Waals surface area contributed by atoms with Gasteiger partial charge >= 0.3 is 12.1 Å². The van der Waals surface area contributed by atoms with Crippen molar-refractivity contribution >= 4 is 11.9 Å². The van der Waals surface area contributed by atoms with Crippen LogP contribution in [0.5, 0.6) is 0 Å². The second-order valence-corrected chi connectivity index (χ2v) is 5.83. The lowest BCUT2D eigenvalue weighted by Gasteiger charge is -2.05. The number of hydrogen-bond acceptors (Lipinski definition) is 3. The number of carbonyl (C=O) groups excluding carboxylic acids is 1. The van der Waals surface area contributed by atoms with Gasteiger partial charge in [-0.2, -0.15) is 13.2 Å². The van der Waals surface area contributed by atoms with E-state index in [4.69, 9.17) is 14.6 Å². The number of carbonyl (C=O) groups is 2. The van der Waals surface area contributed by atoms with E-state index in [0.717, 1.165) is 13.0 Å². The monoisotopic (exact) mass is 381 g/mol. The molecule has 0 bridgehead atoms. The summed E-state index contributed by atoms with van der Waals surface area (Å²) >= 11 is 0. The first-order valence-electron chi connectivity index (χ1n) is 8.08. The highest BCUT2D eigenvalue weighted by Gasteiger charge is 2.38. The summed E-state index contributed by atoms with van der Waals surface area (Å²) < 4.78 is 36.8. The molecule has 0 aliphatic carbocycles. The summed E-state index contributed by atoms with van der Waals surface area (Å²) in [7, 11) is 0. The molecule has 2 aromatic carbocycles. The van der Waals surface area contributed by atoms with Crippen molar-refractivity contribution in [2.45, 2.75) is 18.7 Å². The third-order valence-corrected chi connectivity index (χ3v) is 3.60. The third kappa shape index (κ3) is 7.49. The zero-order valence-corrected chi connectivity index (χ0v) is 14.2. The van der Waals surface area contributed by atoms with Gasteiger partial charge in [-0.15, -0.1) is 0 Å². The summed E-state index contributed by atoms with van der Waals surface area (Å²) in [5.41, 5.74) is 3.18. The van der Waals surface area contributed by atoms with Gasteiger partial charge in [0.25, 0.3) is 5.91 Å². The Hall–Kier alpha value is -2.87. The van der Waals surface area contributed by atoms with E-state index in [1.165, 1.54) is 11.1 Å². The minimum atomic E-state index is -5.08. The molecule has 1 atom stereocenters. The van der Waals surface area contributed by atoms with Gasteiger partial charge in [0.1, 0.15) is 0 Å². The van der Waals surface area contributed by atoms with Gasteiger partial charge in [-0.05, 0) is 29.7 Å². The van der Waals surface area contributed by atoms with Crippen LogP contribution in [-0.2, 0) is 16.0 Å². The topological polar surface area (TPSA) is 78.9 Å². The maximum Gasteiger partial charge on any atom is 0.490 e. The van der Waals surface area contributed by atoms with Gasteiger partial charge in [0.2, 0.25) is 0 Å². The Labute approximate surface area is 153 Å². The Bertz CT molecular complexity index is 757. The molecule has 0 saturated carbocycles. The van der Waals surface area contributed by atoms with E-state index in [1.54, 1.807) is 0 Å². The Balaban J connectivity index is 0.000000321. The Kier molecular flexibility index (Phi) is 6.95. The molecule has 2 N–H and O–H groups in total. The van der Waals surface area contributed by atoms with Crippen LogP contribution in [0.4, 0.5) is 13.2 Å². The number of ether oxygens (including phenoxy) is 1. The lowest BCUT2D eigenvalue weighted by Crippen LogP contribution is -2.27. The number of benzene rings is 2. The fourth-order valence-electron chi connectivity index (χ4n) is 2.10. The quantitative estimate of drug-likeness (QED) is 0.781. The second-order valence-electron chi connectivity index (χ2n) is 5.83. The number of nitrogens with one attached hydrogen (secondary N) is 1. The SMILES string of the molecule is O=C(NCC1CO1)c1ccc(Cc2ccccc2)cc1.O=C(O)C(F)(F)F. The van der Waals surface area contributed by atoms with Crippen molar-refractivity contribution in [3.8, 4) is 0 Å². The first-order chi connectivity index (χ1) is 12.8. The molecule has 144 valence electrons. The standard InChI is InChI=1S/C17H17NO2.C2HF3O2/c19-17(18-11-16-12-20-16)15-8-6-14(7-9-15)10-13-4-2-1-3-5-13;3-2(4,5)1(6)7/h1-9,16H,10-12H2,(H,18,19);(H,6,7). The van der Waals surface area contributed by atoms with Crippen molar-refractivity contribution in [1.82, 2.24) is 5.32 Å². The third-order valence-electron chi connectivity index (χ3n) is 3.60. The van der Waals surface area contributed by atoms with Crippen molar-refractivity contribution in [3.05, 3.63) is 71.3 Å². The van der Waals surface area contributed by atoms with Gasteiger partial charge in [0.15, 0.2) is 0 Å². The molecular formula is C19H18F3NO4. The van der Waals surface area contributed by atoms with Crippen molar-refractivity contribution in [2.75, 3.05) is 13.2 Å². The maximum absolute atomic E-state index is 11.9. The number of alkyl halides is 3. The van der Waals surface area contributed by atoms with E-state index in [2.05, 4.69) is 17.4 Å². The lowest BCUT2D eigenvalue weighted by molar-refractivity contribution is -0.192. The Morgan fingerprint density at radius 1 is 1.04 bits per heavy atom. The van der Waals surface area contributed by atoms with Crippen LogP contribution in [0.2, 0.25) is 0 Å². The first kappa shape index (κ1) is 20.4. The van der Waals surface area contributed by atoms with Crippen LogP contribution in [0.25, 0.3) is 0 Å². The summed E-state index contributed by atoms with van der Waals surface area (Å²) in [5.74, 6) is -2.79. The molecule has 1 aliphatic rings. The summed E-state index contributed by atoms with van der Waals surface area (Å²) in [6, 6.07) is 18.1. The number of hydrogen-bond donors (Lipinski definition) is 2. The number of rotatable bonds is 5. The molecule has 8 heteroatoms. The average Bonchev–Trinajstić information content (AvgIpc) is 3.45. The van der Waals surface area contributed by atoms with Crippen LogP contribution in [0, 0.1) is 0 Å². The van der Waals surface area contributed by atoms with Crippen LogP contribution >= 0.6 is 0 Å². The Morgan fingerprint density at radius 3 is 2.04 bits per heavy atom. The highest BCUT2D eigenvalue weighted by Crippen LogP contribution is 2.13. The number of carboxylic acid groups (broad SMARTS) is 1. The van der Waals surface area contributed by atoms with Crippen LogP contribution in [0.15, 0.2) is 54.6 Å². The van der Waals surface area contributed by atoms with Crippen LogP contribution in [0.1, 0.15) is 21.5 Å². The molecule has 1 fully saturated rings. The second kappa shape index (κ2) is 9.18. The average molecular weight is 381 g/mol. The molecule has 0 spiro atoms. The number of amides is 1. The molecule has 27 heavy (non-hydrogen) atoms. The summed E-state index contributed by atoms with van der Waals surface area (Å²) in [4.78, 5) is 20.8. The fourth-order valence-corrected chi connectivity index (χ4v) is 2.10. The minimum absolute atomic E-state index is 0.0354. The van der Waals surface area contributed by atoms with Crippen molar-refractivity contribution in [3.63, 3.8) is 0 Å². The minimum Gasteiger partial charge on any atom is -0.475 e. The summed E-state index contributed by atoms with van der Waals surface area (Å²) in [6.45, 7) is 1.36. The smallest absolute Gasteiger partial charge is 0.475 e. The zero-order chi connectivity index (χ0) is 19.9. The molecule has 1 heterocycles. The highest BCUT2D eigenvalue weighted by molar-refractivity contribution is 5.94. The predicted octanol–water partition coefficient (Wildman–Crippen LogP) is 3.04. The van der Waals surface area contributed by atoms with E-state index in [-0.39, 0.29) is 12.0 Å². The maximum atomic E-state index is 11.9. The van der Waals surface area contributed by atoms with E-state index in [0.29, 0.717) is 12.1 Å². The van der Waals surface area contributed by atoms with Gasteiger partial charge in [0, 0.05) is 12.1 Å². The molecule has 3 rings (SSSR count). The molecule has 1 unspecified atom stereocenters. The summed E-state index contributed by atoms with van der Waals surface area (Å²) in [5, 5.41) is 9.99. The van der Waals surface area contributed by atoms with Gasteiger partial charge in [-0.3, -0.25) is 4.79 Å². The van der Waals surface area contributed by atoms with Gasteiger partial charge in [-0.25, -0.2) is 4.79 Å². The number of aliphatic carboxylic acids is 1. The molecule has 2 aromatic rings. The van der Waals surface area contributed by atoms with Crippen molar-refractivity contribution in [2.24, 2.45) is 0 Å². The normalized spacial score (nSPS) is 15.3. The zero-order valence-electron chi connectivity index (χ0n) is 14.2. The van der Waals surface area contributed by atoms with Crippen molar-refractivity contribution in [1.29, 1.82) is 0 Å². The van der Waals surface area contributed by atoms with E-state index in [1.807, 2.05) is 42.5 Å². The highest BCUT2D eigenvalue weighted by atomic mass is 19.4. The van der Waals surface area contributed by atoms with E-state index in [9.17, 15) is 18.0 Å². The van der Waals surface area contributed by atoms with E-state index < -0.39 is 12.1 Å². The van der Waals surface area contributed by atoms with Crippen LogP contribution in [-0.4, -0.2) is 42.4 Å². The molecule has 1 saturated heterocycles. The first-order valence-corrected chi connectivity index (χ1v) is 8.08. The largest absolute Gasteiger partial charge is 0.490 e. The molecule has 0 radical (unpaired) electrons. The fraction of sp³-hybridized carbons (Fsp3) is 0.263. The molecule has 5 nitrogen and oxygen atoms in total. The van der Waals surface area contributed by atoms with Gasteiger partial charge < -0.3 is 15.2 Å². The van der Waals surface area contributed by atoms with E-state index >= 15 is 0 Å². The summed E-state index contributed by atoms with van der Waals surface area (Å²) in [6.07, 6.45) is -3.98. The molecule has 1 amide bonds. The number of carboxylic acids is 1. The molecular weight excluding hydrogens is 363 g/mol. The van der Waals surface area contributed by atoms with Gasteiger partial charge in [-0.1, -0.05) is 42.5 Å². The van der Waals surface area contributed by atoms with Gasteiger partial charge in [0.05, 0.1) is 12.7 Å². The lowest BCUT2D eigenvalue weighted by atomic mass is 10.0. The Morgan fingerprint density at radius 2 is 1.56 bits per heavy atom.